The Hall–Kier alpha value is -1.81. The topological polar surface area (TPSA) is 63.3 Å². The molecule has 1 aromatic heterocycles. The smallest absolute Gasteiger partial charge is 0.303 e. The van der Waals surface area contributed by atoms with Crippen LogP contribution in [0.5, 0.6) is 0 Å². The Balaban J connectivity index is 1.83. The summed E-state index contributed by atoms with van der Waals surface area (Å²) in [6, 6.07) is 7.43. The molecule has 5 heteroatoms. The molecule has 2 aromatic rings. The monoisotopic (exact) mass is 293 g/mol. The Bertz CT molecular complexity index is 563. The van der Waals surface area contributed by atoms with Crippen molar-refractivity contribution in [3.8, 4) is 11.3 Å². The molecule has 1 N–H and O–H groups in total. The number of oxazole rings is 1. The number of aromatic nitrogens is 1. The molecule has 0 bridgehead atoms. The number of carboxylic acid groups (broad SMARTS) is 1. The molecule has 0 radical (unpaired) electrons. The van der Waals surface area contributed by atoms with Crippen molar-refractivity contribution >= 4 is 17.6 Å². The van der Waals surface area contributed by atoms with Crippen molar-refractivity contribution in [3.05, 3.63) is 41.4 Å². The van der Waals surface area contributed by atoms with Crippen LogP contribution in [0.1, 0.15) is 31.6 Å². The third-order valence-electron chi connectivity index (χ3n) is 2.97. The Morgan fingerprint density at radius 2 is 1.95 bits per heavy atom. The van der Waals surface area contributed by atoms with Crippen LogP contribution in [0.25, 0.3) is 11.3 Å². The summed E-state index contributed by atoms with van der Waals surface area (Å²) in [4.78, 5) is 14.8. The maximum Gasteiger partial charge on any atom is 0.303 e. The number of aryl methyl sites for hydroxylation is 1. The first-order valence-corrected chi connectivity index (χ1v) is 6.95. The molecule has 0 aliphatic heterocycles. The number of aliphatic carboxylic acids is 1. The van der Waals surface area contributed by atoms with E-state index in [1.165, 1.54) is 0 Å². The SMILES string of the molecule is O=C(O)CCCCCc1nc(-c2ccc(Cl)cc2)co1. The molecular weight excluding hydrogens is 278 g/mol. The summed E-state index contributed by atoms with van der Waals surface area (Å²) in [7, 11) is 0. The van der Waals surface area contributed by atoms with Crippen LogP contribution in [-0.2, 0) is 11.2 Å². The highest BCUT2D eigenvalue weighted by Crippen LogP contribution is 2.21. The minimum absolute atomic E-state index is 0.224. The van der Waals surface area contributed by atoms with Crippen molar-refractivity contribution in [2.24, 2.45) is 0 Å². The van der Waals surface area contributed by atoms with Crippen LogP contribution in [-0.4, -0.2) is 16.1 Å². The fourth-order valence-electron chi connectivity index (χ4n) is 1.91. The summed E-state index contributed by atoms with van der Waals surface area (Å²) in [5, 5.41) is 9.23. The molecule has 4 nitrogen and oxygen atoms in total. The van der Waals surface area contributed by atoms with Gasteiger partial charge < -0.3 is 9.52 Å². The van der Waals surface area contributed by atoms with Crippen LogP contribution in [0.3, 0.4) is 0 Å². The molecule has 0 amide bonds. The Labute approximate surface area is 122 Å². The molecule has 0 saturated heterocycles. The molecule has 0 spiro atoms. The van der Waals surface area contributed by atoms with Crippen molar-refractivity contribution in [1.29, 1.82) is 0 Å². The number of benzene rings is 1. The van der Waals surface area contributed by atoms with Gasteiger partial charge in [-0.15, -0.1) is 0 Å². The number of hydrogen-bond acceptors (Lipinski definition) is 3. The molecule has 1 heterocycles. The lowest BCUT2D eigenvalue weighted by atomic mass is 10.1. The van der Waals surface area contributed by atoms with E-state index in [-0.39, 0.29) is 6.42 Å². The quantitative estimate of drug-likeness (QED) is 0.778. The molecule has 0 saturated carbocycles. The molecule has 0 atom stereocenters. The number of hydrogen-bond donors (Lipinski definition) is 1. The predicted octanol–water partition coefficient (Wildman–Crippen LogP) is 4.18. The van der Waals surface area contributed by atoms with Crippen LogP contribution in [0.2, 0.25) is 5.02 Å². The van der Waals surface area contributed by atoms with Gasteiger partial charge in [0.2, 0.25) is 0 Å². The fourth-order valence-corrected chi connectivity index (χ4v) is 2.03. The van der Waals surface area contributed by atoms with Gasteiger partial charge in [-0.1, -0.05) is 30.2 Å². The van der Waals surface area contributed by atoms with Gasteiger partial charge in [-0.25, -0.2) is 4.98 Å². The number of unbranched alkanes of at least 4 members (excludes halogenated alkanes) is 2. The first kappa shape index (κ1) is 14.6. The predicted molar refractivity (Wildman–Crippen MR) is 76.8 cm³/mol. The van der Waals surface area contributed by atoms with Crippen molar-refractivity contribution in [3.63, 3.8) is 0 Å². The second kappa shape index (κ2) is 7.10. The molecule has 2 rings (SSSR count). The first-order valence-electron chi connectivity index (χ1n) is 6.57. The second-order valence-electron chi connectivity index (χ2n) is 4.59. The van der Waals surface area contributed by atoms with Crippen molar-refractivity contribution in [2.45, 2.75) is 32.1 Å². The summed E-state index contributed by atoms with van der Waals surface area (Å²) >= 11 is 5.84. The van der Waals surface area contributed by atoms with Crippen LogP contribution in [0.15, 0.2) is 34.9 Å². The second-order valence-corrected chi connectivity index (χ2v) is 5.02. The first-order chi connectivity index (χ1) is 9.65. The molecule has 0 aliphatic carbocycles. The van der Waals surface area contributed by atoms with Crippen molar-refractivity contribution in [1.82, 2.24) is 4.98 Å². The highest BCUT2D eigenvalue weighted by atomic mass is 35.5. The van der Waals surface area contributed by atoms with Gasteiger partial charge in [0.25, 0.3) is 0 Å². The molecule has 0 aliphatic rings. The normalized spacial score (nSPS) is 10.7. The van der Waals surface area contributed by atoms with Gasteiger partial charge in [0.05, 0.1) is 0 Å². The Morgan fingerprint density at radius 1 is 1.20 bits per heavy atom. The van der Waals surface area contributed by atoms with Gasteiger partial charge in [0, 0.05) is 23.4 Å². The number of rotatable bonds is 7. The largest absolute Gasteiger partial charge is 0.481 e. The lowest BCUT2D eigenvalue weighted by Gasteiger charge is -1.96. The zero-order chi connectivity index (χ0) is 14.4. The zero-order valence-corrected chi connectivity index (χ0v) is 11.8. The van der Waals surface area contributed by atoms with Gasteiger partial charge in [0.15, 0.2) is 5.89 Å². The molecule has 0 unspecified atom stereocenters. The van der Waals surface area contributed by atoms with E-state index in [1.54, 1.807) is 6.26 Å². The Morgan fingerprint density at radius 3 is 2.65 bits per heavy atom. The van der Waals surface area contributed by atoms with Crippen LogP contribution in [0, 0.1) is 0 Å². The van der Waals surface area contributed by atoms with Gasteiger partial charge in [-0.3, -0.25) is 4.79 Å². The zero-order valence-electron chi connectivity index (χ0n) is 11.0. The maximum absolute atomic E-state index is 10.4. The van der Waals surface area contributed by atoms with Crippen LogP contribution in [0.4, 0.5) is 0 Å². The van der Waals surface area contributed by atoms with E-state index in [4.69, 9.17) is 21.1 Å². The minimum atomic E-state index is -0.744. The summed E-state index contributed by atoms with van der Waals surface area (Å²) < 4.78 is 5.42. The number of carbonyl (C=O) groups is 1. The van der Waals surface area contributed by atoms with E-state index in [1.807, 2.05) is 24.3 Å². The number of halogens is 1. The minimum Gasteiger partial charge on any atom is -0.481 e. The molecule has 20 heavy (non-hydrogen) atoms. The number of carboxylic acids is 1. The highest BCUT2D eigenvalue weighted by molar-refractivity contribution is 6.30. The van der Waals surface area contributed by atoms with Crippen LogP contribution < -0.4 is 0 Å². The molecular formula is C15H16ClNO3. The lowest BCUT2D eigenvalue weighted by molar-refractivity contribution is -0.137. The standard InChI is InChI=1S/C15H16ClNO3/c16-12-8-6-11(7-9-12)13-10-20-14(17-13)4-2-1-3-5-15(18)19/h6-10H,1-5H2,(H,18,19). The summed E-state index contributed by atoms with van der Waals surface area (Å²) in [6.07, 6.45) is 5.03. The van der Waals surface area contributed by atoms with E-state index < -0.39 is 5.97 Å². The van der Waals surface area contributed by atoms with Gasteiger partial charge in [-0.05, 0) is 25.0 Å². The van der Waals surface area contributed by atoms with Gasteiger partial charge >= 0.3 is 5.97 Å². The number of nitrogens with zero attached hydrogens (tertiary/aromatic N) is 1. The maximum atomic E-state index is 10.4. The highest BCUT2D eigenvalue weighted by Gasteiger charge is 2.06. The van der Waals surface area contributed by atoms with Crippen molar-refractivity contribution < 1.29 is 14.3 Å². The average Bonchev–Trinajstić information content (AvgIpc) is 2.87. The average molecular weight is 294 g/mol. The van der Waals surface area contributed by atoms with E-state index in [9.17, 15) is 4.79 Å². The van der Waals surface area contributed by atoms with E-state index in [0.717, 1.165) is 30.5 Å². The van der Waals surface area contributed by atoms with E-state index in [0.29, 0.717) is 17.3 Å². The summed E-state index contributed by atoms with van der Waals surface area (Å²) in [6.45, 7) is 0. The third kappa shape index (κ3) is 4.38. The van der Waals surface area contributed by atoms with E-state index >= 15 is 0 Å². The third-order valence-corrected chi connectivity index (χ3v) is 3.22. The lowest BCUT2D eigenvalue weighted by Crippen LogP contribution is -1.94. The van der Waals surface area contributed by atoms with Crippen molar-refractivity contribution in [2.75, 3.05) is 0 Å². The van der Waals surface area contributed by atoms with Gasteiger partial charge in [-0.2, -0.15) is 0 Å². The molecule has 1 aromatic carbocycles. The summed E-state index contributed by atoms with van der Waals surface area (Å²) in [5.41, 5.74) is 1.76. The Kier molecular flexibility index (Phi) is 5.18. The van der Waals surface area contributed by atoms with Crippen LogP contribution >= 0.6 is 11.6 Å². The van der Waals surface area contributed by atoms with E-state index in [2.05, 4.69) is 4.98 Å². The molecule has 106 valence electrons. The fraction of sp³-hybridized carbons (Fsp3) is 0.333. The van der Waals surface area contributed by atoms with Gasteiger partial charge in [0.1, 0.15) is 12.0 Å². The molecule has 0 fully saturated rings. The summed E-state index contributed by atoms with van der Waals surface area (Å²) in [5.74, 6) is -0.0589.